The molecular formula is C67H118N2O6P+. The number of unbranched alkanes of at least 4 members (excludes halogenated alkanes) is 24. The van der Waals surface area contributed by atoms with Crippen molar-refractivity contribution in [2.75, 3.05) is 40.9 Å². The first kappa shape index (κ1) is 72.9. The number of amides is 1. The van der Waals surface area contributed by atoms with Gasteiger partial charge in [0, 0.05) is 6.42 Å². The van der Waals surface area contributed by atoms with Crippen molar-refractivity contribution < 1.29 is 32.9 Å². The predicted molar refractivity (Wildman–Crippen MR) is 332 cm³/mol. The molecule has 0 saturated carbocycles. The maximum absolute atomic E-state index is 13.0. The number of carbonyl (C=O) groups is 1. The molecule has 3 N–H and O–H groups in total. The number of phosphoric ester groups is 1. The second-order valence-corrected chi connectivity index (χ2v) is 23.1. The topological polar surface area (TPSA) is 105 Å². The van der Waals surface area contributed by atoms with Gasteiger partial charge in [-0.3, -0.25) is 13.8 Å². The van der Waals surface area contributed by atoms with Gasteiger partial charge in [0.15, 0.2) is 0 Å². The second kappa shape index (κ2) is 56.6. The third-order valence-corrected chi connectivity index (χ3v) is 14.1. The Balaban J connectivity index is 3.97. The third-order valence-electron chi connectivity index (χ3n) is 13.1. The molecule has 3 atom stereocenters. The summed E-state index contributed by atoms with van der Waals surface area (Å²) in [6.45, 7) is 4.63. The number of hydrogen-bond acceptors (Lipinski definition) is 5. The monoisotopic (exact) mass is 1080 g/mol. The highest BCUT2D eigenvalue weighted by molar-refractivity contribution is 7.47. The van der Waals surface area contributed by atoms with Crippen molar-refractivity contribution in [3.05, 3.63) is 122 Å². The van der Waals surface area contributed by atoms with E-state index in [-0.39, 0.29) is 19.1 Å². The van der Waals surface area contributed by atoms with Crippen molar-refractivity contribution >= 4 is 13.7 Å². The van der Waals surface area contributed by atoms with Crippen molar-refractivity contribution in [3.63, 3.8) is 0 Å². The molecule has 0 saturated heterocycles. The van der Waals surface area contributed by atoms with E-state index in [9.17, 15) is 19.4 Å². The molecule has 1 amide bonds. The molecule has 0 heterocycles. The first-order chi connectivity index (χ1) is 37.0. The first-order valence-corrected chi connectivity index (χ1v) is 32.4. The van der Waals surface area contributed by atoms with E-state index in [0.717, 1.165) is 96.3 Å². The first-order valence-electron chi connectivity index (χ1n) is 30.9. The predicted octanol–water partition coefficient (Wildman–Crippen LogP) is 19.3. The summed E-state index contributed by atoms with van der Waals surface area (Å²) in [4.78, 5) is 23.3. The molecule has 0 radical (unpaired) electrons. The Kier molecular flexibility index (Phi) is 54.3. The van der Waals surface area contributed by atoms with E-state index < -0.39 is 20.0 Å². The largest absolute Gasteiger partial charge is 0.472 e. The van der Waals surface area contributed by atoms with Gasteiger partial charge < -0.3 is 19.8 Å². The minimum atomic E-state index is -4.36. The maximum Gasteiger partial charge on any atom is 0.472 e. The van der Waals surface area contributed by atoms with E-state index in [1.54, 1.807) is 6.08 Å². The van der Waals surface area contributed by atoms with Crippen LogP contribution in [0.25, 0.3) is 0 Å². The van der Waals surface area contributed by atoms with Gasteiger partial charge in [-0.15, -0.1) is 0 Å². The van der Waals surface area contributed by atoms with Crippen molar-refractivity contribution in [2.45, 2.75) is 257 Å². The Morgan fingerprint density at radius 2 is 0.803 bits per heavy atom. The SMILES string of the molecule is CC/C=C\C/C=C\C/C=C\C/C=C\C/C=C\C/C=C\C/C=C\CCCCCCCCCCCCCCCCCCCCCC(=O)NC(COP(=O)(O)OCC[N+](C)(C)C)C(O)/C=C/CC/C=C/CC/C=C/CCCCC. The number of allylic oxidation sites excluding steroid dienone is 19. The molecule has 3 unspecified atom stereocenters. The fourth-order valence-electron chi connectivity index (χ4n) is 8.35. The molecule has 0 aliphatic heterocycles. The number of quaternary nitrogens is 1. The highest BCUT2D eigenvalue weighted by Crippen LogP contribution is 2.43. The van der Waals surface area contributed by atoms with Crippen molar-refractivity contribution in [2.24, 2.45) is 0 Å². The van der Waals surface area contributed by atoms with E-state index in [4.69, 9.17) is 9.05 Å². The van der Waals surface area contributed by atoms with E-state index in [2.05, 4.69) is 129 Å². The van der Waals surface area contributed by atoms with Crippen LogP contribution in [0.3, 0.4) is 0 Å². The molecule has 0 aliphatic rings. The summed E-state index contributed by atoms with van der Waals surface area (Å²) in [6.07, 6.45) is 84.8. The van der Waals surface area contributed by atoms with Crippen molar-refractivity contribution in [1.82, 2.24) is 5.32 Å². The standard InChI is InChI=1S/C67H117N2O6P/c1-6-8-10-12-14-16-18-20-21-22-23-24-25-26-27-28-29-30-31-32-33-34-35-36-37-38-39-40-41-42-43-44-45-46-47-49-51-53-55-57-59-61-67(71)68-65(64-75-76(72,73)74-63-62-69(3,4)5)66(70)60-58-56-54-52-50-48-19-17-15-13-11-9-7-2/h8,10,14-17,20-21,23-24,26-27,29-30,32-33,50,52,58,60,65-66,70H,6-7,9,11-13,18-19,22,25,28,31,34-49,51,53-57,59,61-64H2,1-5H3,(H-,68,71,72,73)/p+1/b10-8-,16-14-,17-15+,21-20-,24-23-,27-26-,30-29-,33-32-,52-50+,60-58+. The quantitative estimate of drug-likeness (QED) is 0.0243. The summed E-state index contributed by atoms with van der Waals surface area (Å²) < 4.78 is 23.6. The van der Waals surface area contributed by atoms with E-state index in [1.807, 2.05) is 27.2 Å². The van der Waals surface area contributed by atoms with Gasteiger partial charge >= 0.3 is 7.82 Å². The smallest absolute Gasteiger partial charge is 0.387 e. The van der Waals surface area contributed by atoms with Crippen LogP contribution in [0.4, 0.5) is 0 Å². The van der Waals surface area contributed by atoms with Crippen LogP contribution in [0.2, 0.25) is 0 Å². The van der Waals surface area contributed by atoms with E-state index >= 15 is 0 Å². The summed E-state index contributed by atoms with van der Waals surface area (Å²) in [5.41, 5.74) is 0. The number of phosphoric acid groups is 1. The molecular weight excluding hydrogens is 960 g/mol. The lowest BCUT2D eigenvalue weighted by Gasteiger charge is -2.25. The second-order valence-electron chi connectivity index (χ2n) is 21.7. The molecule has 0 aromatic carbocycles. The molecule has 8 nitrogen and oxygen atoms in total. The van der Waals surface area contributed by atoms with Gasteiger partial charge in [-0.05, 0) is 103 Å². The number of hydrogen-bond donors (Lipinski definition) is 3. The summed E-state index contributed by atoms with van der Waals surface area (Å²) in [6, 6.07) is -0.874. The Morgan fingerprint density at radius 3 is 1.21 bits per heavy atom. The molecule has 0 rings (SSSR count). The zero-order chi connectivity index (χ0) is 55.6. The average Bonchev–Trinajstić information content (AvgIpc) is 3.38. The molecule has 0 fully saturated rings. The Hall–Kier alpha value is -3.10. The fourth-order valence-corrected chi connectivity index (χ4v) is 9.08. The molecule has 0 bridgehead atoms. The van der Waals surface area contributed by atoms with Crippen molar-refractivity contribution in [1.29, 1.82) is 0 Å². The number of aliphatic hydroxyl groups excluding tert-OH is 1. The third kappa shape index (κ3) is 58.6. The lowest BCUT2D eigenvalue weighted by molar-refractivity contribution is -0.870. The van der Waals surface area contributed by atoms with Crippen LogP contribution in [-0.4, -0.2) is 73.4 Å². The van der Waals surface area contributed by atoms with Crippen LogP contribution in [0.5, 0.6) is 0 Å². The van der Waals surface area contributed by atoms with Crippen LogP contribution in [0, 0.1) is 0 Å². The number of likely N-dealkylation sites (N-methyl/N-ethyl adjacent to an activating group) is 1. The van der Waals surface area contributed by atoms with Gasteiger partial charge in [0.2, 0.25) is 5.91 Å². The maximum atomic E-state index is 13.0. The highest BCUT2D eigenvalue weighted by atomic mass is 31.2. The average molecular weight is 1080 g/mol. The number of nitrogens with one attached hydrogen (secondary N) is 1. The Labute approximate surface area is 469 Å². The normalized spacial score (nSPS) is 14.7. The minimum Gasteiger partial charge on any atom is -0.387 e. The van der Waals surface area contributed by atoms with Crippen LogP contribution >= 0.6 is 7.82 Å². The lowest BCUT2D eigenvalue weighted by atomic mass is 10.0. The van der Waals surface area contributed by atoms with Gasteiger partial charge in [0.25, 0.3) is 0 Å². The Bertz CT molecular complexity index is 1650. The summed E-state index contributed by atoms with van der Waals surface area (Å²) in [5, 5.41) is 13.9. The number of aliphatic hydroxyl groups is 1. The van der Waals surface area contributed by atoms with E-state index in [0.29, 0.717) is 17.4 Å². The highest BCUT2D eigenvalue weighted by Gasteiger charge is 2.27. The Morgan fingerprint density at radius 1 is 0.461 bits per heavy atom. The van der Waals surface area contributed by atoms with Crippen LogP contribution < -0.4 is 5.32 Å². The van der Waals surface area contributed by atoms with Gasteiger partial charge in [0.1, 0.15) is 13.2 Å². The van der Waals surface area contributed by atoms with Gasteiger partial charge in [-0.1, -0.05) is 257 Å². The fraction of sp³-hybridized carbons (Fsp3) is 0.687. The molecule has 76 heavy (non-hydrogen) atoms. The van der Waals surface area contributed by atoms with Gasteiger partial charge in [-0.25, -0.2) is 4.57 Å². The summed E-state index contributed by atoms with van der Waals surface area (Å²) >= 11 is 0. The molecule has 0 aromatic rings. The van der Waals surface area contributed by atoms with Gasteiger partial charge in [-0.2, -0.15) is 0 Å². The minimum absolute atomic E-state index is 0.0501. The summed E-state index contributed by atoms with van der Waals surface area (Å²) in [5.74, 6) is -0.194. The van der Waals surface area contributed by atoms with Crippen LogP contribution in [-0.2, 0) is 18.4 Å². The van der Waals surface area contributed by atoms with Gasteiger partial charge in [0.05, 0.1) is 39.9 Å². The van der Waals surface area contributed by atoms with Crippen LogP contribution in [0.1, 0.15) is 245 Å². The molecule has 0 aliphatic carbocycles. The zero-order valence-electron chi connectivity index (χ0n) is 49.7. The molecule has 436 valence electrons. The lowest BCUT2D eigenvalue weighted by Crippen LogP contribution is -2.45. The summed E-state index contributed by atoms with van der Waals surface area (Å²) in [7, 11) is 1.54. The molecule has 9 heteroatoms. The zero-order valence-corrected chi connectivity index (χ0v) is 50.6. The number of rotatable bonds is 55. The van der Waals surface area contributed by atoms with E-state index in [1.165, 1.54) is 128 Å². The molecule has 0 spiro atoms. The number of nitrogens with zero attached hydrogens (tertiary/aromatic N) is 1. The van der Waals surface area contributed by atoms with Crippen molar-refractivity contribution in [3.8, 4) is 0 Å². The molecule has 0 aromatic heterocycles. The number of carbonyl (C=O) groups excluding carboxylic acids is 1. The van der Waals surface area contributed by atoms with Crippen LogP contribution in [0.15, 0.2) is 122 Å².